The molecule has 7 nitrogen and oxygen atoms in total. The van der Waals surface area contributed by atoms with Crippen molar-refractivity contribution in [2.75, 3.05) is 13.2 Å². The molecule has 174 valence electrons. The Bertz CT molecular complexity index is 980. The summed E-state index contributed by atoms with van der Waals surface area (Å²) in [5, 5.41) is 2.23. The van der Waals surface area contributed by atoms with Crippen LogP contribution in [0.25, 0.3) is 0 Å². The van der Waals surface area contributed by atoms with Gasteiger partial charge in [0.05, 0.1) is 13.2 Å². The highest BCUT2D eigenvalue weighted by Crippen LogP contribution is 2.36. The molecule has 2 aromatic carbocycles. The van der Waals surface area contributed by atoms with Gasteiger partial charge >= 0.3 is 10.2 Å². The normalized spacial score (nSPS) is 13.1. The van der Waals surface area contributed by atoms with E-state index in [4.69, 9.17) is 9.26 Å². The predicted octanol–water partition coefficient (Wildman–Crippen LogP) is 2.41. The molecule has 0 fully saturated rings. The van der Waals surface area contributed by atoms with E-state index in [1.165, 1.54) is 10.4 Å². The molecule has 0 aliphatic heterocycles. The average molecular weight is 477 g/mol. The first-order chi connectivity index (χ1) is 15.0. The van der Waals surface area contributed by atoms with Gasteiger partial charge in [0.15, 0.2) is 0 Å². The van der Waals surface area contributed by atoms with Crippen LogP contribution in [-0.4, -0.2) is 35.9 Å². The Labute approximate surface area is 192 Å². The summed E-state index contributed by atoms with van der Waals surface area (Å²) in [6.07, 6.45) is 1.74. The Morgan fingerprint density at radius 2 is 1.47 bits per heavy atom. The van der Waals surface area contributed by atoms with Crippen LogP contribution in [0.4, 0.5) is 0 Å². The highest BCUT2D eigenvalue weighted by Gasteiger charge is 2.50. The maximum absolute atomic E-state index is 11.6. The first-order valence-corrected chi connectivity index (χ1v) is 13.7. The van der Waals surface area contributed by atoms with Gasteiger partial charge < -0.3 is 4.43 Å². The number of hydrogen-bond donors (Lipinski definition) is 2. The lowest BCUT2D eigenvalue weighted by Gasteiger charge is -2.43. The monoisotopic (exact) mass is 476 g/mol. The van der Waals surface area contributed by atoms with Gasteiger partial charge in [-0.3, -0.25) is 9.63 Å². The number of hydrogen-bond acceptors (Lipinski definition) is 5. The van der Waals surface area contributed by atoms with E-state index >= 15 is 0 Å². The van der Waals surface area contributed by atoms with Crippen LogP contribution >= 0.6 is 0 Å². The van der Waals surface area contributed by atoms with E-state index in [-0.39, 0.29) is 11.6 Å². The SMILES string of the molecule is CC(=O)NS(=O)(=O)NOC/C=C(\C)CO[Si](c1ccccc1)(c1ccccc1)C(C)(C)C. The van der Waals surface area contributed by atoms with Crippen LogP contribution in [0.2, 0.25) is 5.04 Å². The molecule has 1 amide bonds. The van der Waals surface area contributed by atoms with E-state index in [0.29, 0.717) is 6.61 Å². The Kier molecular flexibility index (Phi) is 8.94. The highest BCUT2D eigenvalue weighted by atomic mass is 32.2. The van der Waals surface area contributed by atoms with Crippen molar-refractivity contribution >= 4 is 34.8 Å². The Hall–Kier alpha value is -2.30. The standard InChI is InChI=1S/C23H32N2O5SSi/c1-19(16-17-29-25-31(27,28)24-20(2)26)18-30-32(23(3,4)5,21-12-8-6-9-13-21)22-14-10-7-11-15-22/h6-16,25H,17-18H2,1-5H3,(H,24,26)/b19-16+. The smallest absolute Gasteiger partial charge is 0.323 e. The summed E-state index contributed by atoms with van der Waals surface area (Å²) in [5.41, 5.74) is 0.900. The number of carbonyl (C=O) groups is 1. The number of amides is 1. The van der Waals surface area contributed by atoms with E-state index in [9.17, 15) is 13.2 Å². The van der Waals surface area contributed by atoms with Gasteiger partial charge in [0.2, 0.25) is 5.91 Å². The minimum absolute atomic E-state index is 0.00520. The molecule has 0 spiro atoms. The van der Waals surface area contributed by atoms with E-state index in [0.717, 1.165) is 12.5 Å². The number of benzene rings is 2. The van der Waals surface area contributed by atoms with Gasteiger partial charge in [-0.15, -0.1) is 0 Å². The minimum atomic E-state index is -4.03. The summed E-state index contributed by atoms with van der Waals surface area (Å²) in [4.78, 5) is 17.7. The van der Waals surface area contributed by atoms with Crippen LogP contribution in [0, 0.1) is 0 Å². The predicted molar refractivity (Wildman–Crippen MR) is 129 cm³/mol. The molecular formula is C23H32N2O5SSi. The topological polar surface area (TPSA) is 93.7 Å². The average Bonchev–Trinajstić information content (AvgIpc) is 2.71. The summed E-state index contributed by atoms with van der Waals surface area (Å²) < 4.78 is 31.7. The van der Waals surface area contributed by atoms with Crippen molar-refractivity contribution in [3.05, 3.63) is 72.3 Å². The van der Waals surface area contributed by atoms with Crippen molar-refractivity contribution in [2.45, 2.75) is 39.7 Å². The Balaban J connectivity index is 2.21. The molecule has 2 N–H and O–H groups in total. The van der Waals surface area contributed by atoms with Crippen LogP contribution in [0.3, 0.4) is 0 Å². The molecule has 2 aromatic rings. The fraction of sp³-hybridized carbons (Fsp3) is 0.348. The van der Waals surface area contributed by atoms with E-state index in [1.54, 1.807) is 10.8 Å². The summed E-state index contributed by atoms with van der Waals surface area (Å²) >= 11 is 0. The van der Waals surface area contributed by atoms with E-state index < -0.39 is 24.4 Å². The van der Waals surface area contributed by atoms with E-state index in [2.05, 4.69) is 45.0 Å². The maximum atomic E-state index is 11.6. The summed E-state index contributed by atoms with van der Waals surface area (Å²) in [6.45, 7) is 9.99. The first kappa shape index (κ1) is 26.0. The van der Waals surface area contributed by atoms with Gasteiger partial charge in [0.1, 0.15) is 0 Å². The lowest BCUT2D eigenvalue weighted by atomic mass is 10.2. The third kappa shape index (κ3) is 6.85. The molecule has 0 aliphatic carbocycles. The van der Waals surface area contributed by atoms with Crippen LogP contribution in [-0.2, 0) is 24.3 Å². The molecule has 9 heteroatoms. The largest absolute Gasteiger partial charge is 0.403 e. The molecule has 0 atom stereocenters. The molecule has 2 rings (SSSR count). The molecule has 0 saturated heterocycles. The quantitative estimate of drug-likeness (QED) is 0.238. The van der Waals surface area contributed by atoms with Gasteiger partial charge in [-0.2, -0.15) is 8.42 Å². The molecule has 0 saturated carbocycles. The zero-order valence-electron chi connectivity index (χ0n) is 19.2. The number of nitrogens with one attached hydrogen (secondary N) is 2. The van der Waals surface area contributed by atoms with Crippen molar-refractivity contribution in [1.82, 2.24) is 9.61 Å². The third-order valence-corrected chi connectivity index (χ3v) is 10.8. The van der Waals surface area contributed by atoms with Crippen molar-refractivity contribution in [3.8, 4) is 0 Å². The van der Waals surface area contributed by atoms with Gasteiger partial charge in [-0.1, -0.05) is 98.0 Å². The van der Waals surface area contributed by atoms with Crippen molar-refractivity contribution in [2.24, 2.45) is 0 Å². The highest BCUT2D eigenvalue weighted by molar-refractivity contribution is 7.87. The molecular weight excluding hydrogens is 444 g/mol. The Morgan fingerprint density at radius 1 is 0.969 bits per heavy atom. The molecule has 32 heavy (non-hydrogen) atoms. The zero-order valence-corrected chi connectivity index (χ0v) is 21.0. The minimum Gasteiger partial charge on any atom is -0.403 e. The molecule has 0 radical (unpaired) electrons. The van der Waals surface area contributed by atoms with Gasteiger partial charge in [0, 0.05) is 6.92 Å². The lowest BCUT2D eigenvalue weighted by Crippen LogP contribution is -2.66. The van der Waals surface area contributed by atoms with Crippen LogP contribution in [0.5, 0.6) is 0 Å². The van der Waals surface area contributed by atoms with E-state index in [1.807, 2.05) is 48.2 Å². The number of rotatable bonds is 10. The number of carbonyl (C=O) groups excluding carboxylic acids is 1. The zero-order chi connectivity index (χ0) is 23.8. The van der Waals surface area contributed by atoms with Crippen molar-refractivity contribution in [3.63, 3.8) is 0 Å². The van der Waals surface area contributed by atoms with Crippen molar-refractivity contribution < 1.29 is 22.5 Å². The molecule has 0 aromatic heterocycles. The summed E-state index contributed by atoms with van der Waals surface area (Å²) in [6, 6.07) is 20.7. The lowest BCUT2D eigenvalue weighted by molar-refractivity contribution is -0.117. The first-order valence-electron chi connectivity index (χ1n) is 10.3. The van der Waals surface area contributed by atoms with Crippen LogP contribution < -0.4 is 20.0 Å². The van der Waals surface area contributed by atoms with Gasteiger partial charge in [-0.05, 0) is 22.3 Å². The van der Waals surface area contributed by atoms with Crippen molar-refractivity contribution in [1.29, 1.82) is 0 Å². The summed E-state index contributed by atoms with van der Waals surface area (Å²) in [7, 11) is -6.68. The molecule has 0 heterocycles. The van der Waals surface area contributed by atoms with Gasteiger partial charge in [-0.25, -0.2) is 4.72 Å². The Morgan fingerprint density at radius 3 is 1.91 bits per heavy atom. The van der Waals surface area contributed by atoms with Gasteiger partial charge in [0.25, 0.3) is 8.32 Å². The third-order valence-electron chi connectivity index (χ3n) is 4.90. The summed E-state index contributed by atoms with van der Waals surface area (Å²) in [5.74, 6) is -0.702. The maximum Gasteiger partial charge on any atom is 0.323 e. The van der Waals surface area contributed by atoms with Crippen LogP contribution in [0.1, 0.15) is 34.6 Å². The molecule has 0 unspecified atom stereocenters. The fourth-order valence-corrected chi connectivity index (χ4v) is 8.79. The second kappa shape index (κ2) is 11.0. The molecule has 0 aliphatic rings. The fourth-order valence-electron chi connectivity index (χ4n) is 3.55. The second-order valence-corrected chi connectivity index (χ2v) is 14.2. The molecule has 0 bridgehead atoms. The van der Waals surface area contributed by atoms with Crippen LogP contribution in [0.15, 0.2) is 72.3 Å². The second-order valence-electron chi connectivity index (χ2n) is 8.56.